The number of nitrogens with zero attached hydrogens (tertiary/aromatic N) is 1. The van der Waals surface area contributed by atoms with Gasteiger partial charge in [0.1, 0.15) is 84.3 Å². The first-order valence-electron chi connectivity index (χ1n) is 37.9. The normalized spacial score (nSPS) is 22.2. The first-order valence-corrected chi connectivity index (χ1v) is 37.9. The van der Waals surface area contributed by atoms with Crippen molar-refractivity contribution in [2.75, 3.05) is 13.1 Å². The minimum Gasteiger partial charge on any atom is -0.458 e. The van der Waals surface area contributed by atoms with Crippen LogP contribution in [0, 0.1) is 41.4 Å². The molecule has 0 aliphatic carbocycles. The Labute approximate surface area is 642 Å². The second kappa shape index (κ2) is 43.2. The molecule has 13 amide bonds. The zero-order chi connectivity index (χ0) is 82.9. The molecule has 2 heterocycles. The largest absolute Gasteiger partial charge is 0.458 e. The fraction of sp³-hybridized carbons (Fsp3) is 0.636. The van der Waals surface area contributed by atoms with Gasteiger partial charge in [-0.3, -0.25) is 62.3 Å². The minimum atomic E-state index is -4.60. The van der Waals surface area contributed by atoms with Gasteiger partial charge >= 0.3 is 12.1 Å². The zero-order valence-corrected chi connectivity index (χ0v) is 66.2. The smallest absolute Gasteiger partial charge is 0.416 e. The highest BCUT2D eigenvalue weighted by molar-refractivity contribution is 6.03. The van der Waals surface area contributed by atoms with Crippen LogP contribution in [0.5, 0.6) is 0 Å². The molecule has 0 radical (unpaired) electrons. The van der Waals surface area contributed by atoms with Gasteiger partial charge in [-0.2, -0.15) is 13.2 Å². The maximum atomic E-state index is 15.1. The van der Waals surface area contributed by atoms with E-state index in [1.807, 2.05) is 0 Å². The Balaban J connectivity index is 1.61. The number of cyclic esters (lactones) is 1. The lowest BCUT2D eigenvalue weighted by molar-refractivity contribution is -0.157. The highest BCUT2D eigenvalue weighted by atomic mass is 19.4. The molecule has 0 spiro atoms. The molecule has 2 aromatic rings. The van der Waals surface area contributed by atoms with Crippen molar-refractivity contribution >= 4 is 82.8 Å². The Morgan fingerprint density at radius 3 is 1.68 bits per heavy atom. The maximum absolute atomic E-state index is 15.1. The van der Waals surface area contributed by atoms with E-state index in [0.717, 1.165) is 24.3 Å². The zero-order valence-electron chi connectivity index (χ0n) is 66.2. The number of aliphatic hydroxyl groups is 1. The second-order valence-corrected chi connectivity index (χ2v) is 30.3. The van der Waals surface area contributed by atoms with Crippen LogP contribution in [-0.4, -0.2) is 191 Å². The first-order chi connectivity index (χ1) is 51.5. The Bertz CT molecular complexity index is 3560. The van der Waals surface area contributed by atoms with Crippen molar-refractivity contribution in [1.82, 2.24) is 68.7 Å². The quantitative estimate of drug-likeness (QED) is 0.0380. The molecule has 33 heteroatoms. The number of hydrogen-bond donors (Lipinski definition) is 14. The minimum absolute atomic E-state index is 0.0271. The molecule has 16 atom stereocenters. The number of benzene rings is 2. The molecule has 4 rings (SSSR count). The SMILES string of the molecule is C/C=C1\NC(=O)[C@H](Cc2ccccc2)NC(=O)[C@@H](C(C)C)NC(=O)[C@@H]([C@@H](C)CC)NC(=O)[C@H](NC(=O)[C@H](NC(=O)[C@H](CCCN)NC(=O)[C@H]2CCCN2C(=O)[C@H](NC(=O)[C@@H](NC(=O)[C@@H](NC(=O)[C@H](NC(=O)Cc2ccc(C(F)(F)F)cc2)C(C)C)[C@@H](C)O)C(C)C)C(C)C)[C@@H](C)CC)[C@@H](C)OC(=O)[C@H](C(C)C)NC1=O. The van der Waals surface area contributed by atoms with E-state index in [4.69, 9.17) is 10.5 Å². The number of amides is 13. The summed E-state index contributed by atoms with van der Waals surface area (Å²) in [7, 11) is 0. The molecular weight excluding hydrogens is 1430 g/mol. The van der Waals surface area contributed by atoms with E-state index in [-0.39, 0.29) is 62.9 Å². The van der Waals surface area contributed by atoms with Crippen LogP contribution in [0.25, 0.3) is 0 Å². The van der Waals surface area contributed by atoms with Gasteiger partial charge in [0.05, 0.1) is 18.1 Å². The van der Waals surface area contributed by atoms with Crippen molar-refractivity contribution in [3.05, 3.63) is 83.1 Å². The topological polar surface area (TPSA) is 442 Å². The monoisotopic (exact) mass is 1550 g/mol. The van der Waals surface area contributed by atoms with Crippen LogP contribution in [0.3, 0.4) is 0 Å². The highest BCUT2D eigenvalue weighted by Crippen LogP contribution is 2.30. The lowest BCUT2D eigenvalue weighted by atomic mass is 9.95. The molecule has 0 saturated carbocycles. The molecular formula is C77H117F3N14O16. The molecule has 0 unspecified atom stereocenters. The molecule has 2 aromatic carbocycles. The third kappa shape index (κ3) is 26.9. The van der Waals surface area contributed by atoms with Crippen molar-refractivity contribution < 1.29 is 90.1 Å². The van der Waals surface area contributed by atoms with Crippen LogP contribution in [0.1, 0.15) is 173 Å². The van der Waals surface area contributed by atoms with E-state index in [9.17, 15) is 75.8 Å². The standard InChI is InChI=1S/C77H117F3N14O16/c1-18-43(14)60(72(105)93-63-46(17)110-76(109)59(42(12)13)89-64(97)50(20-3)82-66(99)52(36-47-26-22-21-23-27-47)84-68(101)56(39(6)7)86-71(104)61(44(15)19-2)91-74(63)107)90-65(98)51(28-24-34-81)83-67(100)53-29-25-35-94(53)75(108)58(41(10)11)88-70(103)57(40(8)9)87-73(106)62(45(16)95)92-69(102)55(38(4)5)85-54(96)37-48-30-32-49(33-31-48)77(78,79)80/h20-23,26-27,30-33,38-46,51-53,55-63,95H,18-19,24-25,28-29,34-37,81H2,1-17H3,(H,82,99)(H,83,100)(H,84,101)(H,85,96)(H,86,104)(H,87,106)(H,88,103)(H,89,97)(H,90,98)(H,91,107)(H,92,102)(H,93,105)/b50-20-/t43-,44-,45+,46+,51-,52-,53+,55+,56+,57-,58+,59-,60+,61+,62-,63+/m0/s1. The van der Waals surface area contributed by atoms with Crippen molar-refractivity contribution in [2.24, 2.45) is 47.2 Å². The summed E-state index contributed by atoms with van der Waals surface area (Å²) in [5, 5.41) is 42.6. The third-order valence-corrected chi connectivity index (χ3v) is 19.7. The molecule has 2 aliphatic heterocycles. The number of rotatable bonds is 31. The van der Waals surface area contributed by atoms with Gasteiger partial charge in [0.25, 0.3) is 5.91 Å². The summed E-state index contributed by atoms with van der Waals surface area (Å²) in [4.78, 5) is 203. The van der Waals surface area contributed by atoms with Crippen molar-refractivity contribution in [3.8, 4) is 0 Å². The molecule has 2 fully saturated rings. The van der Waals surface area contributed by atoms with Gasteiger partial charge in [-0.05, 0) is 118 Å². The number of esters is 1. The molecule has 15 N–H and O–H groups in total. The van der Waals surface area contributed by atoms with E-state index >= 15 is 9.59 Å². The molecule has 2 saturated heterocycles. The van der Waals surface area contributed by atoms with Gasteiger partial charge in [-0.1, -0.05) is 158 Å². The lowest BCUT2D eigenvalue weighted by Crippen LogP contribution is -2.64. The number of nitrogens with two attached hydrogens (primary N) is 1. The molecule has 0 aromatic heterocycles. The van der Waals surface area contributed by atoms with Crippen LogP contribution in [0.2, 0.25) is 0 Å². The predicted octanol–water partition coefficient (Wildman–Crippen LogP) is 2.27. The number of carbonyl (C=O) groups is 14. The van der Waals surface area contributed by atoms with Crippen LogP contribution in [-0.2, 0) is 90.9 Å². The van der Waals surface area contributed by atoms with Crippen LogP contribution in [0.15, 0.2) is 66.4 Å². The van der Waals surface area contributed by atoms with Gasteiger partial charge in [0, 0.05) is 13.0 Å². The number of alkyl halides is 3. The molecule has 0 bridgehead atoms. The molecule has 30 nitrogen and oxygen atoms in total. The van der Waals surface area contributed by atoms with Gasteiger partial charge in [0.15, 0.2) is 0 Å². The fourth-order valence-electron chi connectivity index (χ4n) is 12.4. The summed E-state index contributed by atoms with van der Waals surface area (Å²) in [6, 6.07) is -4.57. The number of likely N-dealkylation sites (tertiary alicyclic amines) is 1. The number of carbonyl (C=O) groups excluding carboxylic acids is 14. The first kappa shape index (κ1) is 92.9. The average molecular weight is 1550 g/mol. The van der Waals surface area contributed by atoms with E-state index in [1.165, 1.54) is 31.7 Å². The summed E-state index contributed by atoms with van der Waals surface area (Å²) in [6.07, 6.45) is -5.93. The second-order valence-electron chi connectivity index (χ2n) is 30.3. The molecule has 2 aliphatic rings. The van der Waals surface area contributed by atoms with Gasteiger partial charge in [-0.25, -0.2) is 4.79 Å². The van der Waals surface area contributed by atoms with Crippen molar-refractivity contribution in [1.29, 1.82) is 0 Å². The third-order valence-electron chi connectivity index (χ3n) is 19.7. The number of ether oxygens (including phenoxy) is 1. The summed E-state index contributed by atoms with van der Waals surface area (Å²) >= 11 is 0. The summed E-state index contributed by atoms with van der Waals surface area (Å²) in [5.41, 5.74) is 5.61. The van der Waals surface area contributed by atoms with Crippen molar-refractivity contribution in [2.45, 2.75) is 260 Å². The van der Waals surface area contributed by atoms with E-state index in [2.05, 4.69) is 63.8 Å². The van der Waals surface area contributed by atoms with Crippen LogP contribution in [0.4, 0.5) is 13.2 Å². The van der Waals surface area contributed by atoms with Gasteiger partial charge < -0.3 is 84.3 Å². The summed E-state index contributed by atoms with van der Waals surface area (Å²) in [6.45, 7) is 26.9. The Morgan fingerprint density at radius 1 is 0.618 bits per heavy atom. The van der Waals surface area contributed by atoms with E-state index in [0.29, 0.717) is 12.0 Å². The van der Waals surface area contributed by atoms with Crippen molar-refractivity contribution in [3.63, 3.8) is 0 Å². The number of aliphatic hydroxyl groups excluding tert-OH is 1. The molecule has 612 valence electrons. The molecule has 110 heavy (non-hydrogen) atoms. The number of allylic oxidation sites excluding steroid dienone is 1. The Hall–Kier alpha value is -9.53. The van der Waals surface area contributed by atoms with E-state index < -0.39 is 227 Å². The average Bonchev–Trinajstić information content (AvgIpc) is 1.57. The maximum Gasteiger partial charge on any atom is 0.416 e. The highest BCUT2D eigenvalue weighted by Gasteiger charge is 2.45. The number of nitrogens with one attached hydrogen (secondary N) is 12. The summed E-state index contributed by atoms with van der Waals surface area (Å²) in [5.74, 6) is -16.9. The number of halogens is 3. The fourth-order valence-corrected chi connectivity index (χ4v) is 12.4. The Kier molecular flexibility index (Phi) is 36.4. The van der Waals surface area contributed by atoms with Crippen LogP contribution >= 0.6 is 0 Å². The predicted molar refractivity (Wildman–Crippen MR) is 402 cm³/mol. The number of hydrogen-bond acceptors (Lipinski definition) is 17. The lowest BCUT2D eigenvalue weighted by Gasteiger charge is -2.33. The van der Waals surface area contributed by atoms with Gasteiger partial charge in [-0.15, -0.1) is 0 Å². The van der Waals surface area contributed by atoms with E-state index in [1.54, 1.807) is 127 Å². The summed E-state index contributed by atoms with van der Waals surface area (Å²) < 4.78 is 45.5. The van der Waals surface area contributed by atoms with Crippen LogP contribution < -0.4 is 69.5 Å². The van der Waals surface area contributed by atoms with Gasteiger partial charge in [0.2, 0.25) is 70.9 Å². The Morgan fingerprint density at radius 2 is 1.15 bits per heavy atom.